The van der Waals surface area contributed by atoms with Crippen LogP contribution in [0.1, 0.15) is 6.92 Å². The van der Waals surface area contributed by atoms with E-state index in [2.05, 4.69) is 10.6 Å². The number of anilines is 2. The molecule has 0 bridgehead atoms. The third-order valence-corrected chi connectivity index (χ3v) is 3.38. The number of nitrogens with zero attached hydrogens (tertiary/aromatic N) is 1. The summed E-state index contributed by atoms with van der Waals surface area (Å²) in [5.41, 5.74) is 0.752. The Hall–Kier alpha value is -2.38. The van der Waals surface area contributed by atoms with Gasteiger partial charge in [0.25, 0.3) is 5.69 Å². The molecule has 0 aliphatic rings. The molecule has 0 fully saturated rings. The Morgan fingerprint density at radius 2 is 1.96 bits per heavy atom. The highest BCUT2D eigenvalue weighted by Crippen LogP contribution is 2.29. The van der Waals surface area contributed by atoms with E-state index in [0.29, 0.717) is 23.1 Å². The van der Waals surface area contributed by atoms with Crippen molar-refractivity contribution in [1.82, 2.24) is 0 Å². The normalized spacial score (nSPS) is 10.0. The summed E-state index contributed by atoms with van der Waals surface area (Å²) in [4.78, 5) is 10.7. The third-order valence-electron chi connectivity index (χ3n) is 2.85. The maximum absolute atomic E-state index is 11.2. The average Bonchev–Trinajstić information content (AvgIpc) is 2.51. The van der Waals surface area contributed by atoms with Gasteiger partial charge in [-0.1, -0.05) is 23.7 Å². The molecule has 0 aromatic heterocycles. The van der Waals surface area contributed by atoms with Crippen LogP contribution in [0.2, 0.25) is 5.02 Å². The number of hydrogen-bond donors (Lipinski definition) is 2. The number of nitrogens with one attached hydrogen (secondary N) is 2. The summed E-state index contributed by atoms with van der Waals surface area (Å²) in [5.74, 6) is 0.426. The number of para-hydroxylation sites is 1. The molecule has 0 saturated heterocycles. The zero-order valence-corrected chi connectivity index (χ0v) is 13.8. The van der Waals surface area contributed by atoms with E-state index in [1.807, 2.05) is 0 Å². The molecule has 2 N–H and O–H groups in total. The van der Waals surface area contributed by atoms with Gasteiger partial charge >= 0.3 is 0 Å². The molecule has 0 amide bonds. The van der Waals surface area contributed by atoms with Crippen molar-refractivity contribution >= 4 is 46.0 Å². The maximum Gasteiger partial charge on any atom is 0.296 e. The molecule has 0 unspecified atom stereocenters. The van der Waals surface area contributed by atoms with Gasteiger partial charge in [0.2, 0.25) is 0 Å². The SMILES string of the molecule is CCOc1ccc(NC(=S)Nc2ccccc2Cl)c([N+](=O)[O-])c1. The Labute approximate surface area is 143 Å². The zero-order chi connectivity index (χ0) is 16.8. The van der Waals surface area contributed by atoms with Crippen molar-refractivity contribution in [3.05, 3.63) is 57.6 Å². The minimum Gasteiger partial charge on any atom is -0.494 e. The largest absolute Gasteiger partial charge is 0.494 e. The van der Waals surface area contributed by atoms with Crippen LogP contribution in [-0.2, 0) is 0 Å². The van der Waals surface area contributed by atoms with E-state index in [9.17, 15) is 10.1 Å². The van der Waals surface area contributed by atoms with Crippen molar-refractivity contribution < 1.29 is 9.66 Å². The predicted molar refractivity (Wildman–Crippen MR) is 95.6 cm³/mol. The van der Waals surface area contributed by atoms with E-state index in [1.165, 1.54) is 6.07 Å². The molecule has 0 heterocycles. The number of halogens is 1. The first-order valence-corrected chi connectivity index (χ1v) is 7.53. The van der Waals surface area contributed by atoms with Crippen molar-refractivity contribution in [3.63, 3.8) is 0 Å². The highest BCUT2D eigenvalue weighted by atomic mass is 35.5. The van der Waals surface area contributed by atoms with Gasteiger partial charge in [0.1, 0.15) is 11.4 Å². The molecule has 2 rings (SSSR count). The van der Waals surface area contributed by atoms with Crippen LogP contribution in [0, 0.1) is 10.1 Å². The van der Waals surface area contributed by atoms with Crippen molar-refractivity contribution in [3.8, 4) is 5.75 Å². The molecule has 120 valence electrons. The van der Waals surface area contributed by atoms with E-state index < -0.39 is 4.92 Å². The number of nitro groups is 1. The smallest absolute Gasteiger partial charge is 0.296 e. The number of hydrogen-bond acceptors (Lipinski definition) is 4. The minimum atomic E-state index is -0.497. The average molecular weight is 352 g/mol. The first-order chi connectivity index (χ1) is 11.0. The van der Waals surface area contributed by atoms with Crippen LogP contribution in [0.15, 0.2) is 42.5 Å². The molecule has 2 aromatic carbocycles. The lowest BCUT2D eigenvalue weighted by atomic mass is 10.2. The summed E-state index contributed by atoms with van der Waals surface area (Å²) >= 11 is 11.2. The van der Waals surface area contributed by atoms with Gasteiger partial charge in [-0.15, -0.1) is 0 Å². The van der Waals surface area contributed by atoms with Gasteiger partial charge in [-0.25, -0.2) is 0 Å². The van der Waals surface area contributed by atoms with Gasteiger partial charge in [0, 0.05) is 0 Å². The number of thiocarbonyl (C=S) groups is 1. The Balaban J connectivity index is 2.17. The van der Waals surface area contributed by atoms with Gasteiger partial charge in [-0.3, -0.25) is 10.1 Å². The fraction of sp³-hybridized carbons (Fsp3) is 0.133. The summed E-state index contributed by atoms with van der Waals surface area (Å²) in [6.45, 7) is 2.23. The van der Waals surface area contributed by atoms with Crippen LogP contribution in [0.25, 0.3) is 0 Å². The van der Waals surface area contributed by atoms with E-state index in [-0.39, 0.29) is 16.5 Å². The van der Waals surface area contributed by atoms with Crippen LogP contribution in [-0.4, -0.2) is 16.6 Å². The lowest BCUT2D eigenvalue weighted by Gasteiger charge is -2.12. The second-order valence-corrected chi connectivity index (χ2v) is 5.24. The van der Waals surface area contributed by atoms with Gasteiger partial charge in [-0.2, -0.15) is 0 Å². The second kappa shape index (κ2) is 7.75. The number of rotatable bonds is 5. The molecule has 0 aliphatic carbocycles. The van der Waals surface area contributed by atoms with Gasteiger partial charge in [-0.05, 0) is 43.4 Å². The minimum absolute atomic E-state index is 0.126. The van der Waals surface area contributed by atoms with E-state index in [1.54, 1.807) is 43.3 Å². The molecule has 0 spiro atoms. The fourth-order valence-electron chi connectivity index (χ4n) is 1.86. The summed E-state index contributed by atoms with van der Waals surface area (Å²) in [7, 11) is 0. The zero-order valence-electron chi connectivity index (χ0n) is 12.2. The molecular weight excluding hydrogens is 338 g/mol. The van der Waals surface area contributed by atoms with Crippen LogP contribution in [0.3, 0.4) is 0 Å². The topological polar surface area (TPSA) is 76.4 Å². The molecule has 6 nitrogen and oxygen atoms in total. The molecule has 0 aliphatic heterocycles. The summed E-state index contributed by atoms with van der Waals surface area (Å²) in [5, 5.41) is 17.6. The maximum atomic E-state index is 11.2. The van der Waals surface area contributed by atoms with E-state index >= 15 is 0 Å². The van der Waals surface area contributed by atoms with E-state index in [4.69, 9.17) is 28.6 Å². The van der Waals surface area contributed by atoms with Gasteiger partial charge < -0.3 is 15.4 Å². The summed E-state index contributed by atoms with van der Waals surface area (Å²) in [6, 6.07) is 11.6. The highest BCUT2D eigenvalue weighted by Gasteiger charge is 2.16. The van der Waals surface area contributed by atoms with Crippen LogP contribution >= 0.6 is 23.8 Å². The van der Waals surface area contributed by atoms with Gasteiger partial charge in [0.05, 0.1) is 28.3 Å². The third kappa shape index (κ3) is 4.54. The lowest BCUT2D eigenvalue weighted by Crippen LogP contribution is -2.20. The Morgan fingerprint density at radius 3 is 2.61 bits per heavy atom. The van der Waals surface area contributed by atoms with Gasteiger partial charge in [0.15, 0.2) is 5.11 Å². The lowest BCUT2D eigenvalue weighted by molar-refractivity contribution is -0.384. The highest BCUT2D eigenvalue weighted by molar-refractivity contribution is 7.80. The summed E-state index contributed by atoms with van der Waals surface area (Å²) < 4.78 is 5.27. The Kier molecular flexibility index (Phi) is 5.72. The van der Waals surface area contributed by atoms with Crippen LogP contribution < -0.4 is 15.4 Å². The van der Waals surface area contributed by atoms with Crippen molar-refractivity contribution in [2.75, 3.05) is 17.2 Å². The molecule has 0 saturated carbocycles. The quantitative estimate of drug-likeness (QED) is 0.470. The Bertz CT molecular complexity index is 740. The number of nitro benzene ring substituents is 1. The number of benzene rings is 2. The van der Waals surface area contributed by atoms with Crippen molar-refractivity contribution in [1.29, 1.82) is 0 Å². The molecular formula is C15H14ClN3O3S. The van der Waals surface area contributed by atoms with Crippen LogP contribution in [0.5, 0.6) is 5.75 Å². The monoisotopic (exact) mass is 351 g/mol. The predicted octanol–water partition coefficient (Wildman–Crippen LogP) is 4.46. The number of ether oxygens (including phenoxy) is 1. The van der Waals surface area contributed by atoms with Crippen LogP contribution in [0.4, 0.5) is 17.1 Å². The fourth-order valence-corrected chi connectivity index (χ4v) is 2.27. The van der Waals surface area contributed by atoms with E-state index in [0.717, 1.165) is 0 Å². The molecule has 0 atom stereocenters. The van der Waals surface area contributed by atoms with Crippen molar-refractivity contribution in [2.24, 2.45) is 0 Å². The first-order valence-electron chi connectivity index (χ1n) is 6.75. The molecule has 8 heteroatoms. The second-order valence-electron chi connectivity index (χ2n) is 4.43. The molecule has 0 radical (unpaired) electrons. The standard InChI is InChI=1S/C15H14ClN3O3S/c1-2-22-10-7-8-13(14(9-10)19(20)21)18-15(23)17-12-6-4-3-5-11(12)16/h3-9H,2H2,1H3,(H2,17,18,23). The Morgan fingerprint density at radius 1 is 1.26 bits per heavy atom. The first kappa shape index (κ1) is 17.0. The summed E-state index contributed by atoms with van der Waals surface area (Å²) in [6.07, 6.45) is 0. The molecule has 2 aromatic rings. The molecule has 23 heavy (non-hydrogen) atoms. The van der Waals surface area contributed by atoms with Crippen molar-refractivity contribution in [2.45, 2.75) is 6.92 Å².